The van der Waals surface area contributed by atoms with E-state index in [-0.39, 0.29) is 12.6 Å². The Morgan fingerprint density at radius 2 is 1.79 bits per heavy atom. The van der Waals surface area contributed by atoms with Crippen molar-refractivity contribution in [2.45, 2.75) is 39.7 Å². The van der Waals surface area contributed by atoms with Crippen molar-refractivity contribution in [2.75, 3.05) is 25.0 Å². The van der Waals surface area contributed by atoms with Gasteiger partial charge in [0, 0.05) is 29.7 Å². The van der Waals surface area contributed by atoms with Gasteiger partial charge in [-0.1, -0.05) is 0 Å². The summed E-state index contributed by atoms with van der Waals surface area (Å²) in [4.78, 5) is 20.3. The van der Waals surface area contributed by atoms with Crippen LogP contribution in [0.1, 0.15) is 41.8 Å². The highest BCUT2D eigenvalue weighted by molar-refractivity contribution is 5.48. The van der Waals surface area contributed by atoms with Crippen LogP contribution in [0.15, 0.2) is 12.1 Å². The monoisotopic (exact) mass is 328 g/mol. The highest BCUT2D eigenvalue weighted by Gasteiger charge is 2.28. The molecular weight excluding hydrogens is 304 g/mol. The molecular formula is C17H24N6O. The van der Waals surface area contributed by atoms with E-state index in [1.54, 1.807) is 0 Å². The predicted molar refractivity (Wildman–Crippen MR) is 92.2 cm³/mol. The maximum atomic E-state index is 9.24. The van der Waals surface area contributed by atoms with Gasteiger partial charge in [0.25, 0.3) is 0 Å². The van der Waals surface area contributed by atoms with Gasteiger partial charge >= 0.3 is 0 Å². The molecule has 1 saturated heterocycles. The molecule has 2 N–H and O–H groups in total. The van der Waals surface area contributed by atoms with Gasteiger partial charge in [-0.05, 0) is 46.2 Å². The van der Waals surface area contributed by atoms with Gasteiger partial charge < -0.3 is 10.4 Å². The van der Waals surface area contributed by atoms with Crippen LogP contribution in [-0.2, 0) is 0 Å². The summed E-state index contributed by atoms with van der Waals surface area (Å²) in [6, 6.07) is 4.00. The summed E-state index contributed by atoms with van der Waals surface area (Å²) < 4.78 is 0. The van der Waals surface area contributed by atoms with E-state index in [0.717, 1.165) is 42.3 Å². The van der Waals surface area contributed by atoms with Crippen molar-refractivity contribution in [1.82, 2.24) is 24.8 Å². The Labute approximate surface area is 142 Å². The maximum Gasteiger partial charge on any atom is 0.228 e. The first-order valence-corrected chi connectivity index (χ1v) is 8.35. The number of nitrogens with one attached hydrogen (secondary N) is 1. The first-order valence-electron chi connectivity index (χ1n) is 8.35. The lowest BCUT2D eigenvalue weighted by Gasteiger charge is -2.22. The van der Waals surface area contributed by atoms with Gasteiger partial charge in [0.1, 0.15) is 11.6 Å². The third-order valence-electron chi connectivity index (χ3n) is 4.14. The fraction of sp³-hybridized carbons (Fsp3) is 0.529. The fourth-order valence-corrected chi connectivity index (χ4v) is 3.22. The molecule has 24 heavy (non-hydrogen) atoms. The number of likely N-dealkylation sites (tertiary alicyclic amines) is 1. The smallest absolute Gasteiger partial charge is 0.228 e. The molecule has 0 spiro atoms. The molecule has 3 heterocycles. The molecule has 0 amide bonds. The van der Waals surface area contributed by atoms with Crippen LogP contribution in [0.5, 0.6) is 0 Å². The van der Waals surface area contributed by atoms with Crippen molar-refractivity contribution in [3.8, 4) is 0 Å². The molecule has 2 aromatic rings. The van der Waals surface area contributed by atoms with Crippen molar-refractivity contribution in [1.29, 1.82) is 0 Å². The number of aryl methyl sites for hydroxylation is 3. The largest absolute Gasteiger partial charge is 0.395 e. The highest BCUT2D eigenvalue weighted by Crippen LogP contribution is 2.30. The second-order valence-electron chi connectivity index (χ2n) is 6.27. The van der Waals surface area contributed by atoms with Crippen molar-refractivity contribution in [3.63, 3.8) is 0 Å². The van der Waals surface area contributed by atoms with Crippen LogP contribution in [0.2, 0.25) is 0 Å². The highest BCUT2D eigenvalue weighted by atomic mass is 16.3. The molecule has 1 unspecified atom stereocenters. The number of anilines is 2. The summed E-state index contributed by atoms with van der Waals surface area (Å²) in [7, 11) is 0. The first-order chi connectivity index (χ1) is 11.5. The van der Waals surface area contributed by atoms with E-state index in [4.69, 9.17) is 0 Å². The van der Waals surface area contributed by atoms with Crippen LogP contribution in [-0.4, -0.2) is 49.6 Å². The van der Waals surface area contributed by atoms with Gasteiger partial charge in [-0.15, -0.1) is 0 Å². The van der Waals surface area contributed by atoms with Crippen LogP contribution in [0.3, 0.4) is 0 Å². The van der Waals surface area contributed by atoms with Crippen LogP contribution in [0, 0.1) is 20.8 Å². The standard InChI is InChI=1S/C17H24N6O/c1-11-9-12(2)20-17(19-11)22-15-10-13(3)18-16(21-15)14-5-4-6-23(14)7-8-24/h9-10,14,24H,4-8H2,1-3H3,(H,18,19,20,21,22). The molecule has 1 atom stereocenters. The van der Waals surface area contributed by atoms with E-state index in [1.165, 1.54) is 0 Å². The summed E-state index contributed by atoms with van der Waals surface area (Å²) in [5, 5.41) is 12.4. The van der Waals surface area contributed by atoms with Gasteiger partial charge in [-0.25, -0.2) is 19.9 Å². The predicted octanol–water partition coefficient (Wildman–Crippen LogP) is 2.06. The van der Waals surface area contributed by atoms with Crippen LogP contribution >= 0.6 is 0 Å². The number of rotatable bonds is 5. The van der Waals surface area contributed by atoms with E-state index < -0.39 is 0 Å². The second kappa shape index (κ2) is 7.19. The van der Waals surface area contributed by atoms with Crippen LogP contribution in [0.4, 0.5) is 11.8 Å². The lowest BCUT2D eigenvalue weighted by atomic mass is 10.2. The molecule has 0 aromatic carbocycles. The minimum Gasteiger partial charge on any atom is -0.395 e. The zero-order valence-electron chi connectivity index (χ0n) is 14.5. The Morgan fingerprint density at radius 3 is 2.50 bits per heavy atom. The Bertz CT molecular complexity index is 700. The lowest BCUT2D eigenvalue weighted by molar-refractivity contribution is 0.181. The second-order valence-corrected chi connectivity index (χ2v) is 6.27. The lowest BCUT2D eigenvalue weighted by Crippen LogP contribution is -2.27. The topological polar surface area (TPSA) is 87.1 Å². The number of aromatic nitrogens is 4. The van der Waals surface area contributed by atoms with Gasteiger partial charge in [0.15, 0.2) is 0 Å². The van der Waals surface area contributed by atoms with Gasteiger partial charge in [-0.3, -0.25) is 4.90 Å². The summed E-state index contributed by atoms with van der Waals surface area (Å²) in [6.45, 7) is 7.65. The van der Waals surface area contributed by atoms with Crippen molar-refractivity contribution >= 4 is 11.8 Å². The Balaban J connectivity index is 1.86. The summed E-state index contributed by atoms with van der Waals surface area (Å²) in [5.41, 5.74) is 2.74. The molecule has 1 aliphatic rings. The molecule has 128 valence electrons. The minimum absolute atomic E-state index is 0.157. The number of hydrogen-bond donors (Lipinski definition) is 2. The molecule has 0 aliphatic carbocycles. The summed E-state index contributed by atoms with van der Waals surface area (Å²) in [6.07, 6.45) is 2.12. The van der Waals surface area contributed by atoms with Crippen molar-refractivity contribution < 1.29 is 5.11 Å². The normalized spacial score (nSPS) is 18.1. The third kappa shape index (κ3) is 3.85. The quantitative estimate of drug-likeness (QED) is 0.868. The molecule has 0 radical (unpaired) electrons. The molecule has 1 fully saturated rings. The third-order valence-corrected chi connectivity index (χ3v) is 4.14. The average Bonchev–Trinajstić information content (AvgIpc) is 2.94. The van der Waals surface area contributed by atoms with E-state index in [9.17, 15) is 5.11 Å². The number of hydrogen-bond acceptors (Lipinski definition) is 7. The zero-order valence-corrected chi connectivity index (χ0v) is 14.5. The molecule has 0 saturated carbocycles. The summed E-state index contributed by atoms with van der Waals surface area (Å²) in [5.74, 6) is 2.06. The molecule has 7 nitrogen and oxygen atoms in total. The maximum absolute atomic E-state index is 9.24. The van der Waals surface area contributed by atoms with Gasteiger partial charge in [0.05, 0.1) is 12.6 Å². The number of aliphatic hydroxyl groups is 1. The minimum atomic E-state index is 0.157. The van der Waals surface area contributed by atoms with E-state index in [2.05, 4.69) is 30.2 Å². The van der Waals surface area contributed by atoms with E-state index >= 15 is 0 Å². The molecule has 2 aromatic heterocycles. The average molecular weight is 328 g/mol. The molecule has 1 aliphatic heterocycles. The Morgan fingerprint density at radius 1 is 1.08 bits per heavy atom. The number of aliphatic hydroxyl groups excluding tert-OH is 1. The SMILES string of the molecule is Cc1cc(C)nc(Nc2cc(C)nc(C3CCCN3CCO)n2)n1. The fourth-order valence-electron chi connectivity index (χ4n) is 3.22. The van der Waals surface area contributed by atoms with Crippen LogP contribution in [0.25, 0.3) is 0 Å². The molecule has 7 heteroatoms. The van der Waals surface area contributed by atoms with E-state index in [0.29, 0.717) is 18.3 Å². The van der Waals surface area contributed by atoms with Crippen molar-refractivity contribution in [2.24, 2.45) is 0 Å². The Kier molecular flexibility index (Phi) is 5.01. The van der Waals surface area contributed by atoms with Crippen LogP contribution < -0.4 is 5.32 Å². The zero-order chi connectivity index (χ0) is 17.1. The number of nitrogens with zero attached hydrogens (tertiary/aromatic N) is 5. The first kappa shape index (κ1) is 16.7. The van der Waals surface area contributed by atoms with Crippen molar-refractivity contribution in [3.05, 3.63) is 35.0 Å². The molecule has 3 rings (SSSR count). The summed E-state index contributed by atoms with van der Waals surface area (Å²) >= 11 is 0. The molecule has 0 bridgehead atoms. The van der Waals surface area contributed by atoms with E-state index in [1.807, 2.05) is 32.9 Å². The Hall–Kier alpha value is -2.12. The number of β-amino-alcohol motifs (C(OH)–C–C–N with tert-alkyl or cyclic N) is 1. The van der Waals surface area contributed by atoms with Gasteiger partial charge in [0.2, 0.25) is 5.95 Å². The van der Waals surface area contributed by atoms with Gasteiger partial charge in [-0.2, -0.15) is 0 Å².